The van der Waals surface area contributed by atoms with Crippen LogP contribution in [-0.4, -0.2) is 28.1 Å². The number of hydrogen-bond acceptors (Lipinski definition) is 4. The summed E-state index contributed by atoms with van der Waals surface area (Å²) in [5.74, 6) is -1.48. The zero-order valence-electron chi connectivity index (χ0n) is 9.25. The topological polar surface area (TPSA) is 113 Å². The van der Waals surface area contributed by atoms with E-state index in [1.54, 1.807) is 12.1 Å². The summed E-state index contributed by atoms with van der Waals surface area (Å²) in [5.41, 5.74) is 6.24. The number of aliphatic hydroxyl groups is 1. The van der Waals surface area contributed by atoms with Gasteiger partial charge in [0.2, 0.25) is 5.91 Å². The minimum atomic E-state index is -1.37. The van der Waals surface area contributed by atoms with E-state index in [1.165, 1.54) is 19.1 Å². The normalized spacial score (nSPS) is 13.8. The molecule has 5 N–H and O–H groups in total. The zero-order valence-corrected chi connectivity index (χ0v) is 9.25. The molecular formula is C11H14N2O4. The van der Waals surface area contributed by atoms with Gasteiger partial charge in [-0.3, -0.25) is 9.59 Å². The molecule has 0 aromatic heterocycles. The smallest absolute Gasteiger partial charge is 0.323 e. The van der Waals surface area contributed by atoms with Crippen LogP contribution in [0.2, 0.25) is 0 Å². The van der Waals surface area contributed by atoms with Crippen molar-refractivity contribution >= 4 is 17.6 Å². The Morgan fingerprint density at radius 2 is 1.82 bits per heavy atom. The Morgan fingerprint density at radius 3 is 2.24 bits per heavy atom. The molecule has 1 rings (SSSR count). The largest absolute Gasteiger partial charge is 0.480 e. The summed E-state index contributed by atoms with van der Waals surface area (Å²) in [6.07, 6.45) is -1.28. The second-order valence-corrected chi connectivity index (χ2v) is 3.61. The number of anilines is 1. The Bertz CT molecular complexity index is 416. The van der Waals surface area contributed by atoms with Crippen molar-refractivity contribution in [1.29, 1.82) is 0 Å². The van der Waals surface area contributed by atoms with Crippen molar-refractivity contribution in [3.8, 4) is 0 Å². The first-order valence-electron chi connectivity index (χ1n) is 4.96. The van der Waals surface area contributed by atoms with Crippen molar-refractivity contribution in [2.24, 2.45) is 5.73 Å². The molecule has 0 spiro atoms. The highest BCUT2D eigenvalue weighted by molar-refractivity contribution is 5.88. The number of rotatable bonds is 4. The fourth-order valence-electron chi connectivity index (χ4n) is 1.31. The maximum atomic E-state index is 10.8. The Labute approximate surface area is 98.1 Å². The van der Waals surface area contributed by atoms with Crippen LogP contribution in [-0.2, 0) is 9.59 Å². The molecule has 0 aliphatic heterocycles. The highest BCUT2D eigenvalue weighted by atomic mass is 16.4. The van der Waals surface area contributed by atoms with Crippen molar-refractivity contribution in [3.05, 3.63) is 29.8 Å². The van der Waals surface area contributed by atoms with Gasteiger partial charge >= 0.3 is 5.97 Å². The number of amides is 1. The fraction of sp³-hybridized carbons (Fsp3) is 0.273. The maximum absolute atomic E-state index is 10.8. The number of carboxylic acid groups (broad SMARTS) is 1. The van der Waals surface area contributed by atoms with Crippen molar-refractivity contribution < 1.29 is 19.8 Å². The highest BCUT2D eigenvalue weighted by Gasteiger charge is 2.23. The van der Waals surface area contributed by atoms with Gasteiger partial charge in [0.1, 0.15) is 12.1 Å². The average Bonchev–Trinajstić information content (AvgIpc) is 2.27. The van der Waals surface area contributed by atoms with E-state index >= 15 is 0 Å². The van der Waals surface area contributed by atoms with Crippen LogP contribution in [0.5, 0.6) is 0 Å². The molecule has 6 heteroatoms. The second-order valence-electron chi connectivity index (χ2n) is 3.61. The van der Waals surface area contributed by atoms with E-state index in [0.717, 1.165) is 0 Å². The van der Waals surface area contributed by atoms with E-state index in [1.807, 2.05) is 0 Å². The minimum absolute atomic E-state index is 0.208. The zero-order chi connectivity index (χ0) is 13.0. The standard InChI is InChI=1S/C11H14N2O4/c1-6(14)13-8-4-2-7(3-5-8)10(15)9(12)11(16)17/h2-5,9-10,15H,12H2,1H3,(H,13,14)(H,16,17)/t9-,10+/m0/s1. The van der Waals surface area contributed by atoms with Crippen molar-refractivity contribution in [3.63, 3.8) is 0 Å². The van der Waals surface area contributed by atoms with Crippen molar-refractivity contribution in [2.75, 3.05) is 5.32 Å². The molecule has 1 aromatic rings. The molecule has 6 nitrogen and oxygen atoms in total. The summed E-state index contributed by atoms with van der Waals surface area (Å²) in [4.78, 5) is 21.4. The van der Waals surface area contributed by atoms with Crippen LogP contribution < -0.4 is 11.1 Å². The number of carbonyl (C=O) groups excluding carboxylic acids is 1. The minimum Gasteiger partial charge on any atom is -0.480 e. The number of carboxylic acids is 1. The van der Waals surface area contributed by atoms with E-state index in [4.69, 9.17) is 10.8 Å². The Hall–Kier alpha value is -1.92. The van der Waals surface area contributed by atoms with Gasteiger partial charge in [0.05, 0.1) is 0 Å². The molecular weight excluding hydrogens is 224 g/mol. The monoisotopic (exact) mass is 238 g/mol. The number of aliphatic carboxylic acids is 1. The van der Waals surface area contributed by atoms with Gasteiger partial charge in [0, 0.05) is 12.6 Å². The molecule has 0 bridgehead atoms. The summed E-state index contributed by atoms with van der Waals surface area (Å²) >= 11 is 0. The average molecular weight is 238 g/mol. The van der Waals surface area contributed by atoms with E-state index in [9.17, 15) is 14.7 Å². The van der Waals surface area contributed by atoms with Crippen LogP contribution in [0.15, 0.2) is 24.3 Å². The summed E-state index contributed by atoms with van der Waals surface area (Å²) < 4.78 is 0. The number of benzene rings is 1. The van der Waals surface area contributed by atoms with Crippen LogP contribution in [0.3, 0.4) is 0 Å². The third kappa shape index (κ3) is 3.54. The van der Waals surface area contributed by atoms with Gasteiger partial charge in [-0.1, -0.05) is 12.1 Å². The molecule has 0 saturated heterocycles. The number of carbonyl (C=O) groups is 2. The summed E-state index contributed by atoms with van der Waals surface area (Å²) in [5, 5.41) is 20.8. The molecule has 2 atom stereocenters. The third-order valence-corrected chi connectivity index (χ3v) is 2.20. The molecule has 0 fully saturated rings. The summed E-state index contributed by atoms with van der Waals surface area (Å²) in [7, 11) is 0. The lowest BCUT2D eigenvalue weighted by Crippen LogP contribution is -2.36. The molecule has 0 radical (unpaired) electrons. The van der Waals surface area contributed by atoms with Crippen LogP contribution in [0.4, 0.5) is 5.69 Å². The quantitative estimate of drug-likeness (QED) is 0.593. The molecule has 1 aromatic carbocycles. The van der Waals surface area contributed by atoms with Gasteiger partial charge in [-0.15, -0.1) is 0 Å². The van der Waals surface area contributed by atoms with Gasteiger partial charge in [-0.05, 0) is 17.7 Å². The van der Waals surface area contributed by atoms with Crippen molar-refractivity contribution in [1.82, 2.24) is 0 Å². The van der Waals surface area contributed by atoms with Gasteiger partial charge in [0.25, 0.3) is 0 Å². The molecule has 92 valence electrons. The fourth-order valence-corrected chi connectivity index (χ4v) is 1.31. The molecule has 17 heavy (non-hydrogen) atoms. The van der Waals surface area contributed by atoms with Gasteiger partial charge < -0.3 is 21.3 Å². The first-order valence-corrected chi connectivity index (χ1v) is 4.96. The maximum Gasteiger partial charge on any atom is 0.323 e. The summed E-state index contributed by atoms with van der Waals surface area (Å²) in [6.45, 7) is 1.38. The SMILES string of the molecule is CC(=O)Nc1ccc([C@@H](O)[C@H](N)C(=O)O)cc1. The molecule has 0 aliphatic rings. The Kier molecular flexibility index (Phi) is 4.19. The highest BCUT2D eigenvalue weighted by Crippen LogP contribution is 2.18. The Balaban J connectivity index is 2.80. The van der Waals surface area contributed by atoms with Crippen LogP contribution in [0.1, 0.15) is 18.6 Å². The number of hydrogen-bond donors (Lipinski definition) is 4. The lowest BCUT2D eigenvalue weighted by Gasteiger charge is -2.15. The van der Waals surface area contributed by atoms with Crippen molar-refractivity contribution in [2.45, 2.75) is 19.1 Å². The molecule has 0 heterocycles. The van der Waals surface area contributed by atoms with Crippen LogP contribution >= 0.6 is 0 Å². The molecule has 1 amide bonds. The van der Waals surface area contributed by atoms with Crippen LogP contribution in [0.25, 0.3) is 0 Å². The lowest BCUT2D eigenvalue weighted by molar-refractivity contribution is -0.141. The predicted molar refractivity (Wildman–Crippen MR) is 61.3 cm³/mol. The second kappa shape index (κ2) is 5.42. The van der Waals surface area contributed by atoms with Gasteiger partial charge in [-0.25, -0.2) is 0 Å². The molecule has 0 aliphatic carbocycles. The van der Waals surface area contributed by atoms with Gasteiger partial charge in [0.15, 0.2) is 0 Å². The number of nitrogens with one attached hydrogen (secondary N) is 1. The first-order chi connectivity index (χ1) is 7.91. The Morgan fingerprint density at radius 1 is 1.29 bits per heavy atom. The predicted octanol–water partition coefficient (Wildman–Crippen LogP) is 0.0903. The number of nitrogens with two attached hydrogens (primary N) is 1. The van der Waals surface area contributed by atoms with E-state index in [2.05, 4.69) is 5.32 Å². The van der Waals surface area contributed by atoms with E-state index < -0.39 is 18.1 Å². The van der Waals surface area contributed by atoms with E-state index in [-0.39, 0.29) is 5.91 Å². The first kappa shape index (κ1) is 13.1. The molecule has 0 saturated carbocycles. The molecule has 0 unspecified atom stereocenters. The number of aliphatic hydroxyl groups excluding tert-OH is 1. The van der Waals surface area contributed by atoms with E-state index in [0.29, 0.717) is 11.3 Å². The lowest BCUT2D eigenvalue weighted by atomic mass is 10.0. The van der Waals surface area contributed by atoms with Gasteiger partial charge in [-0.2, -0.15) is 0 Å². The summed E-state index contributed by atoms with van der Waals surface area (Å²) in [6, 6.07) is 4.78. The third-order valence-electron chi connectivity index (χ3n) is 2.20. The van der Waals surface area contributed by atoms with Crippen LogP contribution in [0, 0.1) is 0 Å².